The lowest BCUT2D eigenvalue weighted by Crippen LogP contribution is -2.35. The number of piperidine rings is 1. The first-order chi connectivity index (χ1) is 12.8. The van der Waals surface area contributed by atoms with Crippen molar-refractivity contribution in [2.24, 2.45) is 0 Å². The molecule has 1 aromatic heterocycles. The summed E-state index contributed by atoms with van der Waals surface area (Å²) < 4.78 is 33.1. The Kier molecular flexibility index (Phi) is 5.92. The van der Waals surface area contributed by atoms with Gasteiger partial charge in [-0.15, -0.1) is 0 Å². The molecule has 9 heteroatoms. The third-order valence-electron chi connectivity index (χ3n) is 4.45. The molecule has 0 atom stereocenters. The second-order valence-corrected chi connectivity index (χ2v) is 9.32. The van der Waals surface area contributed by atoms with Crippen LogP contribution in [0.25, 0.3) is 0 Å². The maximum absolute atomic E-state index is 13.0. The van der Waals surface area contributed by atoms with E-state index in [2.05, 4.69) is 21.2 Å². The van der Waals surface area contributed by atoms with Crippen molar-refractivity contribution in [3.8, 4) is 0 Å². The summed E-state index contributed by atoms with van der Waals surface area (Å²) in [6, 6.07) is 7.96. The summed E-state index contributed by atoms with van der Waals surface area (Å²) in [5.41, 5.74) is 1.11. The number of sulfonamides is 1. The van der Waals surface area contributed by atoms with Crippen LogP contribution in [0.3, 0.4) is 0 Å². The molecule has 0 spiro atoms. The number of furan rings is 1. The Balaban J connectivity index is 1.94. The van der Waals surface area contributed by atoms with Crippen LogP contribution >= 0.6 is 15.9 Å². The normalized spacial score (nSPS) is 15.5. The zero-order chi connectivity index (χ0) is 19.6. The molecule has 0 aliphatic carbocycles. The number of carbonyl (C=O) groups is 1. The minimum atomic E-state index is -3.59. The van der Waals surface area contributed by atoms with Crippen LogP contribution in [0.1, 0.15) is 29.8 Å². The first-order valence-corrected chi connectivity index (χ1v) is 10.9. The summed E-state index contributed by atoms with van der Waals surface area (Å²) in [4.78, 5) is 14.4. The first kappa shape index (κ1) is 19.9. The fourth-order valence-electron chi connectivity index (χ4n) is 3.04. The molecule has 2 aromatic rings. The fourth-order valence-corrected chi connectivity index (χ4v) is 4.89. The zero-order valence-corrected chi connectivity index (χ0v) is 17.6. The number of halogens is 1. The van der Waals surface area contributed by atoms with E-state index in [1.807, 2.05) is 19.0 Å². The van der Waals surface area contributed by atoms with Crippen LogP contribution in [-0.2, 0) is 10.0 Å². The summed E-state index contributed by atoms with van der Waals surface area (Å²) in [7, 11) is 0.0626. The summed E-state index contributed by atoms with van der Waals surface area (Å²) in [6.45, 7) is 1.06. The molecule has 27 heavy (non-hydrogen) atoms. The lowest BCUT2D eigenvalue weighted by Gasteiger charge is -2.26. The van der Waals surface area contributed by atoms with Gasteiger partial charge in [0.25, 0.3) is 5.91 Å². The molecule has 1 fully saturated rings. The van der Waals surface area contributed by atoms with Gasteiger partial charge in [0.15, 0.2) is 10.4 Å². The first-order valence-electron chi connectivity index (χ1n) is 8.67. The van der Waals surface area contributed by atoms with Crippen LogP contribution in [0.2, 0.25) is 0 Å². The second-order valence-electron chi connectivity index (χ2n) is 6.60. The molecular formula is C18H22BrN3O4S. The number of carbonyl (C=O) groups excluding carboxylic acids is 1. The number of nitrogens with one attached hydrogen (secondary N) is 1. The molecule has 0 unspecified atom stereocenters. The number of benzene rings is 1. The van der Waals surface area contributed by atoms with Crippen molar-refractivity contribution in [2.45, 2.75) is 24.2 Å². The van der Waals surface area contributed by atoms with Gasteiger partial charge in [-0.1, -0.05) is 6.42 Å². The summed E-state index contributed by atoms with van der Waals surface area (Å²) in [5, 5.41) is 2.76. The Hall–Kier alpha value is -1.84. The largest absolute Gasteiger partial charge is 0.444 e. The van der Waals surface area contributed by atoms with E-state index < -0.39 is 15.9 Å². The molecule has 1 aliphatic heterocycles. The highest BCUT2D eigenvalue weighted by Gasteiger charge is 2.27. The van der Waals surface area contributed by atoms with Crippen LogP contribution in [0.4, 0.5) is 11.4 Å². The van der Waals surface area contributed by atoms with E-state index in [9.17, 15) is 13.2 Å². The second kappa shape index (κ2) is 8.04. The molecule has 1 N–H and O–H groups in total. The van der Waals surface area contributed by atoms with Gasteiger partial charge in [0.1, 0.15) is 0 Å². The maximum atomic E-state index is 13.0. The number of nitrogens with zero attached hydrogens (tertiary/aromatic N) is 2. The third-order valence-corrected chi connectivity index (χ3v) is 6.77. The molecule has 0 saturated carbocycles. The smallest absolute Gasteiger partial charge is 0.291 e. The van der Waals surface area contributed by atoms with Gasteiger partial charge in [-0.25, -0.2) is 8.42 Å². The molecule has 1 amide bonds. The number of amides is 1. The molecule has 1 saturated heterocycles. The van der Waals surface area contributed by atoms with Gasteiger partial charge in [0.05, 0.1) is 16.3 Å². The topological polar surface area (TPSA) is 82.9 Å². The lowest BCUT2D eigenvalue weighted by molar-refractivity contribution is 0.0995. The molecule has 7 nitrogen and oxygen atoms in total. The van der Waals surface area contributed by atoms with Crippen molar-refractivity contribution in [2.75, 3.05) is 37.4 Å². The molecule has 1 aliphatic rings. The monoisotopic (exact) mass is 455 g/mol. The molecule has 3 rings (SSSR count). The van der Waals surface area contributed by atoms with Crippen LogP contribution in [0, 0.1) is 0 Å². The highest BCUT2D eigenvalue weighted by molar-refractivity contribution is 9.10. The van der Waals surface area contributed by atoms with Crippen molar-refractivity contribution in [1.29, 1.82) is 0 Å². The van der Waals surface area contributed by atoms with Gasteiger partial charge >= 0.3 is 0 Å². The van der Waals surface area contributed by atoms with Gasteiger partial charge in [-0.2, -0.15) is 4.31 Å². The summed E-state index contributed by atoms with van der Waals surface area (Å²) >= 11 is 3.17. The van der Waals surface area contributed by atoms with E-state index in [1.54, 1.807) is 24.3 Å². The fraction of sp³-hybridized carbons (Fsp3) is 0.389. The summed E-state index contributed by atoms with van der Waals surface area (Å²) in [5.74, 6) is -0.313. The van der Waals surface area contributed by atoms with Gasteiger partial charge < -0.3 is 14.6 Å². The average molecular weight is 456 g/mol. The molecule has 1 aromatic carbocycles. The Morgan fingerprint density at radius 1 is 1.15 bits per heavy atom. The van der Waals surface area contributed by atoms with E-state index in [1.165, 1.54) is 10.4 Å². The quantitative estimate of drug-likeness (QED) is 0.745. The van der Waals surface area contributed by atoms with Crippen molar-refractivity contribution in [3.63, 3.8) is 0 Å². The van der Waals surface area contributed by atoms with Crippen molar-refractivity contribution < 1.29 is 17.6 Å². The molecule has 2 heterocycles. The van der Waals surface area contributed by atoms with Crippen LogP contribution < -0.4 is 10.2 Å². The van der Waals surface area contributed by atoms with Gasteiger partial charge in [-0.05, 0) is 59.1 Å². The Bertz CT molecular complexity index is 934. The third kappa shape index (κ3) is 4.36. The highest BCUT2D eigenvalue weighted by atomic mass is 79.9. The van der Waals surface area contributed by atoms with Gasteiger partial charge in [-0.3, -0.25) is 4.79 Å². The maximum Gasteiger partial charge on any atom is 0.291 e. The predicted octanol–water partition coefficient (Wildman–Crippen LogP) is 3.54. The SMILES string of the molecule is CN(C)c1ccc(S(=O)(=O)N2CCCCC2)cc1NC(=O)c1ccc(Br)o1. The van der Waals surface area contributed by atoms with Crippen molar-refractivity contribution in [1.82, 2.24) is 4.31 Å². The van der Waals surface area contributed by atoms with Crippen LogP contribution in [0.5, 0.6) is 0 Å². The Morgan fingerprint density at radius 2 is 1.85 bits per heavy atom. The summed E-state index contributed by atoms with van der Waals surface area (Å²) in [6.07, 6.45) is 2.78. The van der Waals surface area contributed by atoms with Crippen LogP contribution in [-0.4, -0.2) is 45.8 Å². The van der Waals surface area contributed by atoms with Crippen molar-refractivity contribution >= 4 is 43.2 Å². The van der Waals surface area contributed by atoms with E-state index in [4.69, 9.17) is 4.42 Å². The number of anilines is 2. The molecule has 0 radical (unpaired) electrons. The Morgan fingerprint density at radius 3 is 2.44 bits per heavy atom. The van der Waals surface area contributed by atoms with E-state index in [0.717, 1.165) is 19.3 Å². The number of hydrogen-bond donors (Lipinski definition) is 1. The lowest BCUT2D eigenvalue weighted by atomic mass is 10.2. The highest BCUT2D eigenvalue weighted by Crippen LogP contribution is 2.30. The van der Waals surface area contributed by atoms with Gasteiger partial charge in [0.2, 0.25) is 10.0 Å². The van der Waals surface area contributed by atoms with Crippen molar-refractivity contribution in [3.05, 3.63) is 40.8 Å². The number of rotatable bonds is 5. The number of hydrogen-bond acceptors (Lipinski definition) is 5. The molecule has 146 valence electrons. The van der Waals surface area contributed by atoms with E-state index in [0.29, 0.717) is 29.1 Å². The minimum absolute atomic E-state index is 0.135. The standard InChI is InChI=1S/C18H22BrN3O4S/c1-21(2)15-7-6-13(27(24,25)22-10-4-3-5-11-22)12-14(15)20-18(23)16-8-9-17(19)26-16/h6-9,12H,3-5,10-11H2,1-2H3,(H,20,23). The minimum Gasteiger partial charge on any atom is -0.444 e. The molecule has 0 bridgehead atoms. The van der Waals surface area contributed by atoms with Gasteiger partial charge in [0, 0.05) is 27.2 Å². The van der Waals surface area contributed by atoms with E-state index >= 15 is 0 Å². The molecular weight excluding hydrogens is 434 g/mol. The predicted molar refractivity (Wildman–Crippen MR) is 108 cm³/mol. The van der Waals surface area contributed by atoms with Crippen LogP contribution in [0.15, 0.2) is 44.3 Å². The van der Waals surface area contributed by atoms with E-state index in [-0.39, 0.29) is 10.7 Å². The Labute approximate surface area is 167 Å². The average Bonchev–Trinajstić information content (AvgIpc) is 3.08. The zero-order valence-electron chi connectivity index (χ0n) is 15.2.